The highest BCUT2D eigenvalue weighted by Crippen LogP contribution is 2.37. The first-order chi connectivity index (χ1) is 17.9. The molecule has 0 fully saturated rings. The van der Waals surface area contributed by atoms with Crippen molar-refractivity contribution in [1.82, 2.24) is 19.9 Å². The van der Waals surface area contributed by atoms with Gasteiger partial charge in [0.25, 0.3) is 0 Å². The van der Waals surface area contributed by atoms with Gasteiger partial charge in [-0.05, 0) is 52.2 Å². The van der Waals surface area contributed by atoms with E-state index in [-0.39, 0.29) is 0 Å². The topological polar surface area (TPSA) is 51.6 Å². The molecule has 0 saturated carbocycles. The number of aromatic nitrogens is 4. The molecule has 0 aliphatic heterocycles. The van der Waals surface area contributed by atoms with Crippen molar-refractivity contribution in [3.8, 4) is 33.8 Å². The van der Waals surface area contributed by atoms with Crippen LogP contribution in [0.5, 0.6) is 0 Å². The number of nitrogens with zero attached hydrogens (tertiary/aromatic N) is 4. The molecule has 168 valence electrons. The second-order valence-corrected chi connectivity index (χ2v) is 8.74. The molecule has 0 atom stereocenters. The fraction of sp³-hybridized carbons (Fsp3) is 0. The third-order valence-electron chi connectivity index (χ3n) is 6.64. The standard InChI is InChI=1S/C32H20N4/c1-2-8-21(9-3-1)28-20-22-13-16-29(36-30(22)31-26(28)12-6-17-33-31)25-14-15-27(32-34-18-7-19-35-32)24-11-5-4-10-23(24)25/h1-20H. The zero-order valence-corrected chi connectivity index (χ0v) is 19.3. The first-order valence-corrected chi connectivity index (χ1v) is 11.9. The smallest absolute Gasteiger partial charge is 0.159 e. The predicted octanol–water partition coefficient (Wildman–Crippen LogP) is 7.73. The molecule has 0 spiro atoms. The predicted molar refractivity (Wildman–Crippen MR) is 146 cm³/mol. The lowest BCUT2D eigenvalue weighted by Gasteiger charge is -2.13. The highest BCUT2D eigenvalue weighted by Gasteiger charge is 2.14. The van der Waals surface area contributed by atoms with Gasteiger partial charge in [-0.25, -0.2) is 15.0 Å². The zero-order valence-electron chi connectivity index (χ0n) is 19.3. The van der Waals surface area contributed by atoms with E-state index in [1.807, 2.05) is 24.4 Å². The molecule has 4 heteroatoms. The summed E-state index contributed by atoms with van der Waals surface area (Å²) in [6, 6.07) is 35.5. The second kappa shape index (κ2) is 8.36. The number of rotatable bonds is 3. The van der Waals surface area contributed by atoms with Crippen LogP contribution in [0, 0.1) is 0 Å². The summed E-state index contributed by atoms with van der Waals surface area (Å²) < 4.78 is 0. The summed E-state index contributed by atoms with van der Waals surface area (Å²) in [6.07, 6.45) is 5.39. The van der Waals surface area contributed by atoms with E-state index >= 15 is 0 Å². The Morgan fingerprint density at radius 3 is 1.97 bits per heavy atom. The molecule has 7 rings (SSSR count). The minimum absolute atomic E-state index is 0.718. The second-order valence-electron chi connectivity index (χ2n) is 8.74. The van der Waals surface area contributed by atoms with Crippen LogP contribution < -0.4 is 0 Å². The highest BCUT2D eigenvalue weighted by atomic mass is 14.9. The van der Waals surface area contributed by atoms with Gasteiger partial charge in [-0.3, -0.25) is 4.98 Å². The monoisotopic (exact) mass is 460 g/mol. The van der Waals surface area contributed by atoms with Crippen LogP contribution in [-0.4, -0.2) is 19.9 Å². The van der Waals surface area contributed by atoms with E-state index in [9.17, 15) is 0 Å². The van der Waals surface area contributed by atoms with Gasteiger partial charge in [-0.15, -0.1) is 0 Å². The summed E-state index contributed by atoms with van der Waals surface area (Å²) in [5.41, 5.74) is 7.15. The summed E-state index contributed by atoms with van der Waals surface area (Å²) in [5, 5.41) is 4.39. The van der Waals surface area contributed by atoms with E-state index in [1.54, 1.807) is 12.4 Å². The van der Waals surface area contributed by atoms with Crippen LogP contribution in [0.2, 0.25) is 0 Å². The maximum Gasteiger partial charge on any atom is 0.159 e. The molecular weight excluding hydrogens is 440 g/mol. The average Bonchev–Trinajstić information content (AvgIpc) is 2.97. The summed E-state index contributed by atoms with van der Waals surface area (Å²) >= 11 is 0. The Hall–Kier alpha value is -4.96. The molecule has 3 heterocycles. The van der Waals surface area contributed by atoms with Crippen molar-refractivity contribution >= 4 is 32.6 Å². The lowest BCUT2D eigenvalue weighted by atomic mass is 9.95. The molecule has 0 radical (unpaired) electrons. The van der Waals surface area contributed by atoms with E-state index < -0.39 is 0 Å². The van der Waals surface area contributed by atoms with Crippen LogP contribution in [0.15, 0.2) is 122 Å². The Balaban J connectivity index is 1.46. The first kappa shape index (κ1) is 20.4. The van der Waals surface area contributed by atoms with Crippen molar-refractivity contribution in [2.45, 2.75) is 0 Å². The van der Waals surface area contributed by atoms with Gasteiger partial charge in [-0.2, -0.15) is 0 Å². The van der Waals surface area contributed by atoms with Gasteiger partial charge < -0.3 is 0 Å². The van der Waals surface area contributed by atoms with Crippen molar-refractivity contribution < 1.29 is 0 Å². The van der Waals surface area contributed by atoms with E-state index in [0.29, 0.717) is 0 Å². The van der Waals surface area contributed by atoms with Crippen LogP contribution in [0.25, 0.3) is 66.4 Å². The molecule has 0 saturated heterocycles. The van der Waals surface area contributed by atoms with E-state index in [2.05, 4.69) is 94.9 Å². The molecule has 4 nitrogen and oxygen atoms in total. The fourth-order valence-corrected chi connectivity index (χ4v) is 4.98. The van der Waals surface area contributed by atoms with Gasteiger partial charge in [0.15, 0.2) is 5.82 Å². The largest absolute Gasteiger partial charge is 0.254 e. The fourth-order valence-electron chi connectivity index (χ4n) is 4.98. The molecule has 3 aromatic heterocycles. The van der Waals surface area contributed by atoms with Crippen molar-refractivity contribution in [3.63, 3.8) is 0 Å². The Kier molecular flexibility index (Phi) is 4.74. The summed E-state index contributed by atoms with van der Waals surface area (Å²) in [7, 11) is 0. The van der Waals surface area contributed by atoms with Crippen molar-refractivity contribution in [2.75, 3.05) is 0 Å². The van der Waals surface area contributed by atoms with Gasteiger partial charge in [0.05, 0.1) is 16.7 Å². The van der Waals surface area contributed by atoms with Gasteiger partial charge in [0.1, 0.15) is 0 Å². The Morgan fingerprint density at radius 1 is 0.444 bits per heavy atom. The molecule has 0 amide bonds. The molecule has 36 heavy (non-hydrogen) atoms. The number of hydrogen-bond donors (Lipinski definition) is 0. The molecule has 0 N–H and O–H groups in total. The summed E-state index contributed by atoms with van der Waals surface area (Å²) in [5.74, 6) is 0.718. The lowest BCUT2D eigenvalue weighted by molar-refractivity contribution is 1.18. The molecule has 0 unspecified atom stereocenters. The SMILES string of the molecule is c1ccc(-c2cc3ccc(-c4ccc(-c5ncccn5)c5ccccc45)nc3c3ncccc23)cc1. The minimum Gasteiger partial charge on any atom is -0.254 e. The Bertz CT molecular complexity index is 1880. The lowest BCUT2D eigenvalue weighted by Crippen LogP contribution is -1.93. The average molecular weight is 461 g/mol. The molecule has 4 aromatic carbocycles. The van der Waals surface area contributed by atoms with Crippen molar-refractivity contribution in [1.29, 1.82) is 0 Å². The normalized spacial score (nSPS) is 11.3. The molecule has 7 aromatic rings. The van der Waals surface area contributed by atoms with E-state index in [1.165, 1.54) is 11.1 Å². The van der Waals surface area contributed by atoms with Crippen molar-refractivity contribution in [2.24, 2.45) is 0 Å². The van der Waals surface area contributed by atoms with Gasteiger partial charge in [0, 0.05) is 40.5 Å². The third kappa shape index (κ3) is 3.31. The van der Waals surface area contributed by atoms with Crippen LogP contribution in [-0.2, 0) is 0 Å². The quantitative estimate of drug-likeness (QED) is 0.253. The van der Waals surface area contributed by atoms with Gasteiger partial charge in [-0.1, -0.05) is 72.8 Å². The minimum atomic E-state index is 0.718. The first-order valence-electron chi connectivity index (χ1n) is 11.9. The van der Waals surface area contributed by atoms with Crippen LogP contribution in [0.3, 0.4) is 0 Å². The number of pyridine rings is 2. The summed E-state index contributed by atoms with van der Waals surface area (Å²) in [6.45, 7) is 0. The highest BCUT2D eigenvalue weighted by molar-refractivity contribution is 6.11. The molecule has 0 bridgehead atoms. The molecule has 0 aliphatic carbocycles. The molecular formula is C32H20N4. The number of hydrogen-bond acceptors (Lipinski definition) is 4. The number of benzene rings is 4. The maximum absolute atomic E-state index is 5.17. The third-order valence-corrected chi connectivity index (χ3v) is 6.64. The van der Waals surface area contributed by atoms with Crippen LogP contribution in [0.1, 0.15) is 0 Å². The van der Waals surface area contributed by atoms with Crippen LogP contribution >= 0.6 is 0 Å². The van der Waals surface area contributed by atoms with Crippen LogP contribution in [0.4, 0.5) is 0 Å². The molecule has 0 aliphatic rings. The Morgan fingerprint density at radius 2 is 1.14 bits per heavy atom. The van der Waals surface area contributed by atoms with Gasteiger partial charge >= 0.3 is 0 Å². The van der Waals surface area contributed by atoms with E-state index in [4.69, 9.17) is 9.97 Å². The van der Waals surface area contributed by atoms with Gasteiger partial charge in [0.2, 0.25) is 0 Å². The number of fused-ring (bicyclic) bond motifs is 4. The van der Waals surface area contributed by atoms with Crippen molar-refractivity contribution in [3.05, 3.63) is 122 Å². The maximum atomic E-state index is 5.17. The zero-order chi connectivity index (χ0) is 23.9. The van der Waals surface area contributed by atoms with E-state index in [0.717, 1.165) is 55.2 Å². The summed E-state index contributed by atoms with van der Waals surface area (Å²) in [4.78, 5) is 18.9. The Labute approximate surface area is 208 Å².